The number of nitrogens with one attached hydrogen (secondary N) is 1. The van der Waals surface area contributed by atoms with Crippen LogP contribution in [-0.4, -0.2) is 25.1 Å². The fourth-order valence-corrected chi connectivity index (χ4v) is 3.88. The summed E-state index contributed by atoms with van der Waals surface area (Å²) in [6.45, 7) is 0.323. The van der Waals surface area contributed by atoms with Crippen molar-refractivity contribution in [3.63, 3.8) is 0 Å². The Labute approximate surface area is 218 Å². The molecule has 4 rings (SSSR count). The maximum atomic E-state index is 12.8. The number of fused-ring (bicyclic) bond motifs is 1. The second kappa shape index (κ2) is 11.6. The largest absolute Gasteiger partial charge is 0.495 e. The van der Waals surface area contributed by atoms with E-state index in [9.17, 15) is 20.2 Å². The molecule has 0 heterocycles. The highest BCUT2D eigenvalue weighted by molar-refractivity contribution is 6.10. The van der Waals surface area contributed by atoms with Gasteiger partial charge < -0.3 is 19.5 Å². The van der Waals surface area contributed by atoms with Gasteiger partial charge in [-0.3, -0.25) is 14.9 Å². The molecule has 1 N–H and O–H groups in total. The molecule has 0 aliphatic heterocycles. The average Bonchev–Trinajstić information content (AvgIpc) is 2.94. The number of amides is 1. The molecule has 0 aliphatic rings. The molecule has 4 aromatic rings. The molecule has 0 radical (unpaired) electrons. The Balaban J connectivity index is 1.54. The van der Waals surface area contributed by atoms with Gasteiger partial charge in [0.05, 0.1) is 24.8 Å². The van der Waals surface area contributed by atoms with Crippen molar-refractivity contribution in [2.75, 3.05) is 19.5 Å². The third-order valence-electron chi connectivity index (χ3n) is 5.77. The predicted octanol–water partition coefficient (Wildman–Crippen LogP) is 5.89. The van der Waals surface area contributed by atoms with Crippen molar-refractivity contribution in [3.05, 3.63) is 106 Å². The monoisotopic (exact) mass is 509 g/mol. The third kappa shape index (κ3) is 5.71. The van der Waals surface area contributed by atoms with Crippen molar-refractivity contribution in [2.45, 2.75) is 6.61 Å². The quantitative estimate of drug-likeness (QED) is 0.129. The Kier molecular flexibility index (Phi) is 7.84. The van der Waals surface area contributed by atoms with E-state index < -0.39 is 10.8 Å². The van der Waals surface area contributed by atoms with Gasteiger partial charge in [0.2, 0.25) is 0 Å². The van der Waals surface area contributed by atoms with Crippen molar-refractivity contribution in [1.82, 2.24) is 0 Å². The summed E-state index contributed by atoms with van der Waals surface area (Å²) < 4.78 is 16.7. The first-order valence-corrected chi connectivity index (χ1v) is 11.5. The first-order valence-electron chi connectivity index (χ1n) is 11.5. The van der Waals surface area contributed by atoms with Gasteiger partial charge in [-0.05, 0) is 46.2 Å². The summed E-state index contributed by atoms with van der Waals surface area (Å²) in [5.41, 5.74) is 1.17. The summed E-state index contributed by atoms with van der Waals surface area (Å²) in [7, 11) is 2.87. The fraction of sp³-hybridized carbons (Fsp3) is 0.103. The summed E-state index contributed by atoms with van der Waals surface area (Å²) >= 11 is 0. The number of hydrogen-bond donors (Lipinski definition) is 1. The van der Waals surface area contributed by atoms with E-state index in [-0.39, 0.29) is 22.7 Å². The Hall–Kier alpha value is -5.36. The number of rotatable bonds is 9. The van der Waals surface area contributed by atoms with Crippen LogP contribution in [0.5, 0.6) is 17.2 Å². The number of nitro benzene ring substituents is 1. The van der Waals surface area contributed by atoms with E-state index >= 15 is 0 Å². The van der Waals surface area contributed by atoms with Crippen LogP contribution in [0.25, 0.3) is 16.8 Å². The molecule has 0 unspecified atom stereocenters. The molecule has 0 atom stereocenters. The van der Waals surface area contributed by atoms with Crippen LogP contribution in [-0.2, 0) is 11.4 Å². The molecule has 0 saturated heterocycles. The number of nitriles is 1. The Morgan fingerprint density at radius 3 is 2.45 bits per heavy atom. The van der Waals surface area contributed by atoms with Gasteiger partial charge >= 0.3 is 0 Å². The lowest BCUT2D eigenvalue weighted by molar-refractivity contribution is -0.384. The van der Waals surface area contributed by atoms with E-state index in [1.165, 1.54) is 32.4 Å². The zero-order valence-corrected chi connectivity index (χ0v) is 20.6. The molecule has 0 aliphatic carbocycles. The van der Waals surface area contributed by atoms with Crippen molar-refractivity contribution in [1.29, 1.82) is 5.26 Å². The smallest absolute Gasteiger partial charge is 0.271 e. The van der Waals surface area contributed by atoms with Crippen LogP contribution in [0.3, 0.4) is 0 Å². The van der Waals surface area contributed by atoms with Gasteiger partial charge in [-0.2, -0.15) is 5.26 Å². The van der Waals surface area contributed by atoms with E-state index in [1.54, 1.807) is 18.2 Å². The van der Waals surface area contributed by atoms with Crippen LogP contribution in [0.4, 0.5) is 11.4 Å². The minimum absolute atomic E-state index is 0.0719. The molecule has 190 valence electrons. The number of carbonyl (C=O) groups is 1. The molecular formula is C29H23N3O6. The Bertz CT molecular complexity index is 1580. The van der Waals surface area contributed by atoms with E-state index in [0.29, 0.717) is 23.7 Å². The van der Waals surface area contributed by atoms with Crippen molar-refractivity contribution >= 4 is 34.1 Å². The van der Waals surface area contributed by atoms with E-state index in [1.807, 2.05) is 48.5 Å². The summed E-state index contributed by atoms with van der Waals surface area (Å²) in [5, 5.41) is 25.4. The number of nitro groups is 1. The van der Waals surface area contributed by atoms with E-state index in [2.05, 4.69) is 5.32 Å². The summed E-state index contributed by atoms with van der Waals surface area (Å²) in [5.74, 6) is 0.399. The van der Waals surface area contributed by atoms with Crippen LogP contribution in [0.1, 0.15) is 11.1 Å². The zero-order valence-electron chi connectivity index (χ0n) is 20.6. The summed E-state index contributed by atoms with van der Waals surface area (Å²) in [6.07, 6.45) is 1.39. The second-order valence-electron chi connectivity index (χ2n) is 8.10. The van der Waals surface area contributed by atoms with Gasteiger partial charge in [-0.1, -0.05) is 48.5 Å². The molecule has 4 aromatic carbocycles. The van der Waals surface area contributed by atoms with Gasteiger partial charge in [0.1, 0.15) is 24.0 Å². The molecule has 0 fully saturated rings. The molecule has 38 heavy (non-hydrogen) atoms. The summed E-state index contributed by atoms with van der Waals surface area (Å²) in [4.78, 5) is 23.3. The van der Waals surface area contributed by atoms with Gasteiger partial charge in [-0.15, -0.1) is 0 Å². The SMILES string of the molecule is COc1ccc([N+](=O)[O-])cc1NC(=O)/C(C#N)=C/c1ccc(OCc2cccc3ccccc23)c(OC)c1. The predicted molar refractivity (Wildman–Crippen MR) is 143 cm³/mol. The number of nitrogens with zero attached hydrogens (tertiary/aromatic N) is 2. The Morgan fingerprint density at radius 1 is 0.974 bits per heavy atom. The van der Waals surface area contributed by atoms with Crippen LogP contribution < -0.4 is 19.5 Å². The molecule has 0 spiro atoms. The highest BCUT2D eigenvalue weighted by Gasteiger charge is 2.17. The van der Waals surface area contributed by atoms with Gasteiger partial charge in [-0.25, -0.2) is 0 Å². The highest BCUT2D eigenvalue weighted by atomic mass is 16.6. The van der Waals surface area contributed by atoms with Gasteiger partial charge in [0.25, 0.3) is 11.6 Å². The maximum absolute atomic E-state index is 12.8. The average molecular weight is 510 g/mol. The topological polar surface area (TPSA) is 124 Å². The lowest BCUT2D eigenvalue weighted by atomic mass is 10.1. The molecule has 9 heteroatoms. The molecular weight excluding hydrogens is 486 g/mol. The number of carbonyl (C=O) groups excluding carboxylic acids is 1. The number of non-ortho nitro benzene ring substituents is 1. The van der Waals surface area contributed by atoms with Gasteiger partial charge in [0.15, 0.2) is 11.5 Å². The van der Waals surface area contributed by atoms with Crippen LogP contribution in [0.2, 0.25) is 0 Å². The lowest BCUT2D eigenvalue weighted by Gasteiger charge is -2.13. The molecule has 1 amide bonds. The minimum Gasteiger partial charge on any atom is -0.495 e. The number of hydrogen-bond acceptors (Lipinski definition) is 7. The van der Waals surface area contributed by atoms with E-state index in [4.69, 9.17) is 14.2 Å². The molecule has 0 saturated carbocycles. The van der Waals surface area contributed by atoms with Crippen LogP contribution in [0, 0.1) is 21.4 Å². The molecule has 0 aromatic heterocycles. The number of benzene rings is 4. The highest BCUT2D eigenvalue weighted by Crippen LogP contribution is 2.32. The third-order valence-corrected chi connectivity index (χ3v) is 5.77. The van der Waals surface area contributed by atoms with Crippen molar-refractivity contribution in [2.24, 2.45) is 0 Å². The van der Waals surface area contributed by atoms with Crippen LogP contribution in [0.15, 0.2) is 84.4 Å². The van der Waals surface area contributed by atoms with Crippen LogP contribution >= 0.6 is 0 Å². The minimum atomic E-state index is -0.749. The van der Waals surface area contributed by atoms with E-state index in [0.717, 1.165) is 22.4 Å². The van der Waals surface area contributed by atoms with Gasteiger partial charge in [0, 0.05) is 12.1 Å². The number of methoxy groups -OCH3 is 2. The fourth-order valence-electron chi connectivity index (χ4n) is 3.88. The summed E-state index contributed by atoms with van der Waals surface area (Å²) in [6, 6.07) is 24.8. The normalized spacial score (nSPS) is 10.9. The molecule has 9 nitrogen and oxygen atoms in total. The zero-order chi connectivity index (χ0) is 27.1. The van der Waals surface area contributed by atoms with Crippen molar-refractivity contribution in [3.8, 4) is 23.3 Å². The number of anilines is 1. The standard InChI is InChI=1S/C29H23N3O6/c1-36-26-13-11-23(32(34)35)16-25(26)31-29(33)22(17-30)14-19-10-12-27(28(15-19)37-2)38-18-21-8-5-7-20-6-3-4-9-24(20)21/h3-16H,18H2,1-2H3,(H,31,33)/b22-14+. The first kappa shape index (κ1) is 25.7. The first-order chi connectivity index (χ1) is 18.4. The second-order valence-corrected chi connectivity index (χ2v) is 8.10. The molecule has 0 bridgehead atoms. The number of ether oxygens (including phenoxy) is 3. The lowest BCUT2D eigenvalue weighted by Crippen LogP contribution is -2.14. The van der Waals surface area contributed by atoms with Crippen molar-refractivity contribution < 1.29 is 23.9 Å². The maximum Gasteiger partial charge on any atom is 0.271 e. The Morgan fingerprint density at radius 2 is 1.71 bits per heavy atom.